The average molecular weight is 369 g/mol. The topological polar surface area (TPSA) is 35.8 Å². The van der Waals surface area contributed by atoms with Crippen molar-refractivity contribution in [3.8, 4) is 6.07 Å². The summed E-state index contributed by atoms with van der Waals surface area (Å²) < 4.78 is 1.19. The molecule has 0 atom stereocenters. The number of nitrogens with one attached hydrogen (secondary N) is 1. The van der Waals surface area contributed by atoms with Crippen molar-refractivity contribution in [3.63, 3.8) is 0 Å². The molecule has 0 unspecified atom stereocenters. The number of nitrogens with zero attached hydrogens (tertiary/aromatic N) is 1. The maximum absolute atomic E-state index is 9.09. The van der Waals surface area contributed by atoms with Gasteiger partial charge in [-0.3, -0.25) is 0 Å². The molecule has 1 N–H and O–H groups in total. The summed E-state index contributed by atoms with van der Waals surface area (Å²) in [5.74, 6) is 0. The lowest BCUT2D eigenvalue weighted by Gasteiger charge is -2.12. The minimum atomic E-state index is 0.542. The summed E-state index contributed by atoms with van der Waals surface area (Å²) in [7, 11) is 0. The van der Waals surface area contributed by atoms with Gasteiger partial charge < -0.3 is 5.32 Å². The van der Waals surface area contributed by atoms with E-state index in [1.807, 2.05) is 31.2 Å². The van der Waals surface area contributed by atoms with Gasteiger partial charge in [0.05, 0.1) is 11.3 Å². The molecule has 0 fully saturated rings. The molecule has 2 aromatic rings. The number of hydrogen-bond donors (Lipinski definition) is 1. The van der Waals surface area contributed by atoms with Crippen molar-refractivity contribution in [2.75, 3.05) is 5.32 Å². The van der Waals surface area contributed by atoms with Crippen molar-refractivity contribution in [2.45, 2.75) is 6.92 Å². The van der Waals surface area contributed by atoms with Crippen molar-refractivity contribution in [3.05, 3.63) is 56.1 Å². The predicted molar refractivity (Wildman–Crippen MR) is 83.3 cm³/mol. The van der Waals surface area contributed by atoms with Gasteiger partial charge in [0, 0.05) is 14.3 Å². The number of rotatable bonds is 2. The smallest absolute Gasteiger partial charge is 0.101 e. The minimum absolute atomic E-state index is 0.542. The monoisotopic (exact) mass is 368 g/mol. The number of nitriles is 1. The van der Waals surface area contributed by atoms with Gasteiger partial charge >= 0.3 is 0 Å². The summed E-state index contributed by atoms with van der Waals surface area (Å²) in [6.45, 7) is 2.05. The van der Waals surface area contributed by atoms with Crippen molar-refractivity contribution in [1.29, 1.82) is 5.26 Å². The predicted octanol–water partition coefficient (Wildman–Crippen LogP) is 4.87. The third-order valence-corrected chi connectivity index (χ3v) is 4.04. The average Bonchev–Trinajstić information content (AvgIpc) is 2.37. The molecule has 2 rings (SSSR count). The quantitative estimate of drug-likeness (QED) is 0.768. The maximum Gasteiger partial charge on any atom is 0.101 e. The molecule has 0 aromatic heterocycles. The standard InChI is InChI=1S/C14H10ClIN2/c1-9-12(16)3-2-4-13(9)18-14-6-5-11(15)7-10(14)8-17/h2-7,18H,1H3. The summed E-state index contributed by atoms with van der Waals surface area (Å²) in [6.07, 6.45) is 0. The first-order valence-corrected chi connectivity index (χ1v) is 6.79. The summed E-state index contributed by atoms with van der Waals surface area (Å²) in [5.41, 5.74) is 3.48. The Labute approximate surface area is 125 Å². The minimum Gasteiger partial charge on any atom is -0.354 e. The lowest BCUT2D eigenvalue weighted by molar-refractivity contribution is 1.39. The summed E-state index contributed by atoms with van der Waals surface area (Å²) in [6, 6.07) is 13.4. The van der Waals surface area contributed by atoms with E-state index in [2.05, 4.69) is 34.0 Å². The van der Waals surface area contributed by atoms with Gasteiger partial charge in [0.15, 0.2) is 0 Å². The first kappa shape index (κ1) is 13.2. The molecule has 18 heavy (non-hydrogen) atoms. The molecule has 0 bridgehead atoms. The molecule has 0 aliphatic carbocycles. The summed E-state index contributed by atoms with van der Waals surface area (Å²) >= 11 is 8.16. The van der Waals surface area contributed by atoms with E-state index in [0.717, 1.165) is 16.9 Å². The molecule has 4 heteroatoms. The van der Waals surface area contributed by atoms with Gasteiger partial charge in [-0.05, 0) is 65.4 Å². The first-order chi connectivity index (χ1) is 8.61. The van der Waals surface area contributed by atoms with Crippen LogP contribution in [0.25, 0.3) is 0 Å². The zero-order valence-corrected chi connectivity index (χ0v) is 12.6. The van der Waals surface area contributed by atoms with Crippen LogP contribution < -0.4 is 5.32 Å². The van der Waals surface area contributed by atoms with Crippen LogP contribution in [0, 0.1) is 21.8 Å². The zero-order valence-electron chi connectivity index (χ0n) is 9.67. The third-order valence-electron chi connectivity index (χ3n) is 2.64. The molecular weight excluding hydrogens is 359 g/mol. The highest BCUT2D eigenvalue weighted by molar-refractivity contribution is 14.1. The van der Waals surface area contributed by atoms with Crippen LogP contribution in [0.1, 0.15) is 11.1 Å². The molecule has 2 nitrogen and oxygen atoms in total. The normalized spacial score (nSPS) is 9.89. The third kappa shape index (κ3) is 2.77. The zero-order chi connectivity index (χ0) is 13.1. The molecule has 0 amide bonds. The molecule has 0 radical (unpaired) electrons. The van der Waals surface area contributed by atoms with Crippen molar-refractivity contribution in [2.24, 2.45) is 0 Å². The van der Waals surface area contributed by atoms with Gasteiger partial charge in [-0.2, -0.15) is 5.26 Å². The largest absolute Gasteiger partial charge is 0.354 e. The number of hydrogen-bond acceptors (Lipinski definition) is 2. The van der Waals surface area contributed by atoms with E-state index in [1.165, 1.54) is 3.57 Å². The number of anilines is 2. The van der Waals surface area contributed by atoms with Gasteiger partial charge in [0.2, 0.25) is 0 Å². The molecule has 0 aliphatic rings. The van der Waals surface area contributed by atoms with E-state index in [0.29, 0.717) is 10.6 Å². The van der Waals surface area contributed by atoms with Gasteiger partial charge in [-0.25, -0.2) is 0 Å². The second-order valence-corrected chi connectivity index (χ2v) is 5.44. The van der Waals surface area contributed by atoms with E-state index < -0.39 is 0 Å². The Kier molecular flexibility index (Phi) is 4.10. The SMILES string of the molecule is Cc1c(I)cccc1Nc1ccc(Cl)cc1C#N. The van der Waals surface area contributed by atoms with Crippen LogP contribution >= 0.6 is 34.2 Å². The Morgan fingerprint density at radius 2 is 2.00 bits per heavy atom. The Hall–Kier alpha value is -1.25. The lowest BCUT2D eigenvalue weighted by Crippen LogP contribution is -1.97. The maximum atomic E-state index is 9.09. The summed E-state index contributed by atoms with van der Waals surface area (Å²) in [4.78, 5) is 0. The molecule has 2 aromatic carbocycles. The molecule has 0 aliphatic heterocycles. The highest BCUT2D eigenvalue weighted by atomic mass is 127. The van der Waals surface area contributed by atoms with Crippen LogP contribution in [0.4, 0.5) is 11.4 Å². The van der Waals surface area contributed by atoms with Crippen LogP contribution in [0.5, 0.6) is 0 Å². The number of benzene rings is 2. The lowest BCUT2D eigenvalue weighted by atomic mass is 10.1. The fourth-order valence-corrected chi connectivity index (χ4v) is 2.28. The Morgan fingerprint density at radius 3 is 2.72 bits per heavy atom. The Balaban J connectivity index is 2.41. The van der Waals surface area contributed by atoms with Crippen molar-refractivity contribution >= 4 is 45.6 Å². The van der Waals surface area contributed by atoms with Crippen LogP contribution in [-0.2, 0) is 0 Å². The Bertz CT molecular complexity index is 632. The second kappa shape index (κ2) is 5.59. The molecule has 90 valence electrons. The van der Waals surface area contributed by atoms with Gasteiger partial charge in [0.1, 0.15) is 6.07 Å². The first-order valence-electron chi connectivity index (χ1n) is 5.33. The van der Waals surface area contributed by atoms with E-state index in [9.17, 15) is 0 Å². The fourth-order valence-electron chi connectivity index (χ4n) is 1.61. The van der Waals surface area contributed by atoms with E-state index >= 15 is 0 Å². The van der Waals surface area contributed by atoms with E-state index in [1.54, 1.807) is 12.1 Å². The van der Waals surface area contributed by atoms with Gasteiger partial charge in [-0.15, -0.1) is 0 Å². The van der Waals surface area contributed by atoms with Crippen molar-refractivity contribution in [1.82, 2.24) is 0 Å². The van der Waals surface area contributed by atoms with E-state index in [-0.39, 0.29) is 0 Å². The molecule has 0 saturated carbocycles. The van der Waals surface area contributed by atoms with E-state index in [4.69, 9.17) is 16.9 Å². The van der Waals surface area contributed by atoms with Crippen LogP contribution in [-0.4, -0.2) is 0 Å². The van der Waals surface area contributed by atoms with Gasteiger partial charge in [0.25, 0.3) is 0 Å². The highest BCUT2D eigenvalue weighted by Crippen LogP contribution is 2.27. The fraction of sp³-hybridized carbons (Fsp3) is 0.0714. The van der Waals surface area contributed by atoms with Crippen molar-refractivity contribution < 1.29 is 0 Å². The number of halogens is 2. The summed E-state index contributed by atoms with van der Waals surface area (Å²) in [5, 5.41) is 12.9. The Morgan fingerprint density at radius 1 is 1.22 bits per heavy atom. The van der Waals surface area contributed by atoms with Crippen LogP contribution in [0.3, 0.4) is 0 Å². The highest BCUT2D eigenvalue weighted by Gasteiger charge is 2.06. The molecule has 0 saturated heterocycles. The molecular formula is C14H10ClIN2. The van der Waals surface area contributed by atoms with Gasteiger partial charge in [-0.1, -0.05) is 17.7 Å². The second-order valence-electron chi connectivity index (χ2n) is 3.84. The molecule has 0 spiro atoms. The van der Waals surface area contributed by atoms with Crippen LogP contribution in [0.15, 0.2) is 36.4 Å². The molecule has 0 heterocycles. The van der Waals surface area contributed by atoms with Crippen LogP contribution in [0.2, 0.25) is 5.02 Å².